The van der Waals surface area contributed by atoms with Crippen molar-refractivity contribution in [2.45, 2.75) is 103 Å². The normalized spacial score (nSPS) is 19.0. The van der Waals surface area contributed by atoms with Crippen molar-refractivity contribution < 1.29 is 21.7 Å². The molecule has 0 saturated carbocycles. The van der Waals surface area contributed by atoms with Gasteiger partial charge in [0, 0.05) is 0 Å². The molecule has 0 aromatic heterocycles. The third-order valence-electron chi connectivity index (χ3n) is 4.62. The molecule has 0 amide bonds. The van der Waals surface area contributed by atoms with Gasteiger partial charge in [0.2, 0.25) is 0 Å². The van der Waals surface area contributed by atoms with Crippen LogP contribution >= 0.6 is 0 Å². The van der Waals surface area contributed by atoms with Crippen LogP contribution < -0.4 is 0 Å². The Bertz CT molecular complexity index is 289. The number of rotatable bonds is 0. The molecule has 1 aromatic carbocycles. The topological polar surface area (TPSA) is 0 Å². The van der Waals surface area contributed by atoms with Crippen LogP contribution in [-0.4, -0.2) is 0 Å². The van der Waals surface area contributed by atoms with E-state index >= 15 is 0 Å². The molecule has 0 atom stereocenters. The van der Waals surface area contributed by atoms with E-state index in [-0.39, 0.29) is 21.7 Å². The molecule has 0 heterocycles. The summed E-state index contributed by atoms with van der Waals surface area (Å²) in [6.45, 7) is 0. The molecule has 1 aromatic rings. The summed E-state index contributed by atoms with van der Waals surface area (Å²) in [6, 6.07) is 10.0. The summed E-state index contributed by atoms with van der Waals surface area (Å²) < 4.78 is 0. The Morgan fingerprint density at radius 1 is 0.542 bits per heavy atom. The zero-order valence-electron chi connectivity index (χ0n) is 15.8. The van der Waals surface area contributed by atoms with Crippen molar-refractivity contribution in [1.29, 1.82) is 0 Å². The van der Waals surface area contributed by atoms with E-state index in [2.05, 4.69) is 12.2 Å². The summed E-state index contributed by atoms with van der Waals surface area (Å²) in [5.41, 5.74) is 0. The van der Waals surface area contributed by atoms with Crippen molar-refractivity contribution in [2.75, 3.05) is 0 Å². The molecular weight excluding hydrogens is 324 g/mol. The molecule has 1 aliphatic rings. The van der Waals surface area contributed by atoms with E-state index in [1.807, 2.05) is 30.3 Å². The molecule has 134 valence electrons. The van der Waals surface area contributed by atoms with E-state index in [0.717, 1.165) is 0 Å². The monoisotopic (exact) mass is 362 g/mol. The number of hydrogen-bond donors (Lipinski definition) is 0. The van der Waals surface area contributed by atoms with Crippen molar-refractivity contribution in [3.05, 3.63) is 42.5 Å². The van der Waals surface area contributed by atoms with Crippen LogP contribution in [0.25, 0.3) is 0 Å². The van der Waals surface area contributed by atoms with Gasteiger partial charge in [-0.2, -0.15) is 24.6 Å². The smallest absolute Gasteiger partial charge is 0.501 e. The number of allylic oxidation sites excluding steroid dienone is 2. The molecule has 0 unspecified atom stereocenters. The van der Waals surface area contributed by atoms with Gasteiger partial charge >= 0.3 is 21.7 Å². The average molecular weight is 362 g/mol. The Hall–Kier alpha value is -0.196. The zero-order valence-corrected chi connectivity index (χ0v) is 17.3. The molecule has 1 heteroatoms. The van der Waals surface area contributed by atoms with Crippen LogP contribution in [0.4, 0.5) is 0 Å². The van der Waals surface area contributed by atoms with Crippen LogP contribution in [0.2, 0.25) is 0 Å². The quantitative estimate of drug-likeness (QED) is 0.324. The molecule has 0 nitrogen and oxygen atoms in total. The molecule has 0 radical (unpaired) electrons. The van der Waals surface area contributed by atoms with Crippen molar-refractivity contribution in [2.24, 2.45) is 0 Å². The van der Waals surface area contributed by atoms with Crippen LogP contribution in [0, 0.1) is 6.08 Å². The SMILES string of the molecule is [C-]1=CCCCCCCCCCCCCCCCC1.[Ti+2].c1cc[cH-]c1. The van der Waals surface area contributed by atoms with Crippen molar-refractivity contribution in [1.82, 2.24) is 0 Å². The first-order chi connectivity index (χ1) is 11.5. The van der Waals surface area contributed by atoms with Crippen LogP contribution in [0.15, 0.2) is 36.4 Å². The van der Waals surface area contributed by atoms with Gasteiger partial charge in [0.15, 0.2) is 0 Å². The molecule has 0 fully saturated rings. The molecule has 2 rings (SSSR count). The van der Waals surface area contributed by atoms with E-state index in [0.29, 0.717) is 0 Å². The van der Waals surface area contributed by atoms with Crippen molar-refractivity contribution in [3.8, 4) is 0 Å². The van der Waals surface area contributed by atoms with E-state index in [1.54, 1.807) is 0 Å². The predicted octanol–water partition coefficient (Wildman–Crippen LogP) is 8.00. The molecule has 0 bridgehead atoms. The molecule has 0 saturated heterocycles. The Balaban J connectivity index is 0.000000751. The minimum Gasteiger partial charge on any atom is -0.501 e. The fraction of sp³-hybridized carbons (Fsp3) is 0.696. The average Bonchev–Trinajstić information content (AvgIpc) is 3.15. The Kier molecular flexibility index (Phi) is 20.7. The second-order valence-corrected chi connectivity index (χ2v) is 6.86. The Morgan fingerprint density at radius 2 is 0.958 bits per heavy atom. The third-order valence-corrected chi connectivity index (χ3v) is 4.62. The maximum Gasteiger partial charge on any atom is 2.00 e. The summed E-state index contributed by atoms with van der Waals surface area (Å²) >= 11 is 0. The van der Waals surface area contributed by atoms with Gasteiger partial charge in [-0.1, -0.05) is 96.3 Å². The first-order valence-electron chi connectivity index (χ1n) is 10.2. The zero-order chi connectivity index (χ0) is 16.3. The second-order valence-electron chi connectivity index (χ2n) is 6.86. The van der Waals surface area contributed by atoms with E-state index in [4.69, 9.17) is 0 Å². The van der Waals surface area contributed by atoms with Crippen molar-refractivity contribution >= 4 is 0 Å². The predicted molar refractivity (Wildman–Crippen MR) is 104 cm³/mol. The van der Waals surface area contributed by atoms with E-state index in [9.17, 15) is 0 Å². The molecule has 0 spiro atoms. The van der Waals surface area contributed by atoms with Crippen LogP contribution in [0.1, 0.15) is 103 Å². The standard InChI is InChI=1S/C18H33.C5H5.Ti/c1-2-4-6-8-10-12-14-16-18-17-15-13-11-9-7-5-3-1;1-2-4-5-3-1;/h1H,2,4-18H2;1-5H;/q2*-1;+2. The molecule has 0 aliphatic heterocycles. The summed E-state index contributed by atoms with van der Waals surface area (Å²) in [5, 5.41) is 0. The van der Waals surface area contributed by atoms with Gasteiger partial charge in [-0.25, -0.2) is 12.1 Å². The minimum atomic E-state index is 0. The minimum absolute atomic E-state index is 0. The maximum atomic E-state index is 3.46. The van der Waals surface area contributed by atoms with E-state index in [1.165, 1.54) is 103 Å². The maximum absolute atomic E-state index is 3.46. The van der Waals surface area contributed by atoms with Crippen LogP contribution in [-0.2, 0) is 21.7 Å². The van der Waals surface area contributed by atoms with Crippen LogP contribution in [0.5, 0.6) is 0 Å². The van der Waals surface area contributed by atoms with Gasteiger partial charge in [0.25, 0.3) is 0 Å². The Morgan fingerprint density at radius 3 is 1.38 bits per heavy atom. The van der Waals surface area contributed by atoms with Crippen molar-refractivity contribution in [3.63, 3.8) is 0 Å². The third kappa shape index (κ3) is 18.1. The summed E-state index contributed by atoms with van der Waals surface area (Å²) in [7, 11) is 0. The number of hydrogen-bond acceptors (Lipinski definition) is 0. The van der Waals surface area contributed by atoms with Gasteiger partial charge in [-0.05, 0) is 0 Å². The second kappa shape index (κ2) is 20.8. The first-order valence-corrected chi connectivity index (χ1v) is 10.2. The first kappa shape index (κ1) is 23.8. The Labute approximate surface area is 166 Å². The van der Waals surface area contributed by atoms with E-state index < -0.39 is 0 Å². The molecule has 1 aliphatic carbocycles. The summed E-state index contributed by atoms with van der Waals surface area (Å²) in [6.07, 6.45) is 28.5. The van der Waals surface area contributed by atoms with Crippen LogP contribution in [0.3, 0.4) is 0 Å². The van der Waals surface area contributed by atoms with Gasteiger partial charge in [0.05, 0.1) is 0 Å². The fourth-order valence-electron chi connectivity index (χ4n) is 3.12. The van der Waals surface area contributed by atoms with Gasteiger partial charge in [-0.15, -0.1) is 0 Å². The van der Waals surface area contributed by atoms with Gasteiger partial charge in [0.1, 0.15) is 0 Å². The van der Waals surface area contributed by atoms with Gasteiger partial charge < -0.3 is 6.08 Å². The van der Waals surface area contributed by atoms with Gasteiger partial charge in [-0.3, -0.25) is 6.08 Å². The molecular formula is C23H38Ti. The summed E-state index contributed by atoms with van der Waals surface area (Å²) in [5.74, 6) is 0. The fourth-order valence-corrected chi connectivity index (χ4v) is 3.12. The summed E-state index contributed by atoms with van der Waals surface area (Å²) in [4.78, 5) is 0. The molecule has 24 heavy (non-hydrogen) atoms. The largest absolute Gasteiger partial charge is 2.00 e. The molecule has 0 N–H and O–H groups in total.